The third-order valence-electron chi connectivity index (χ3n) is 3.63. The fourth-order valence-electron chi connectivity index (χ4n) is 2.43. The van der Waals surface area contributed by atoms with Crippen molar-refractivity contribution in [1.29, 1.82) is 0 Å². The average molecular weight is 262 g/mol. The number of ketones is 1. The highest BCUT2D eigenvalue weighted by atomic mass is 16.5. The Hall–Kier alpha value is -1.51. The molecule has 3 nitrogen and oxygen atoms in total. The molecule has 1 saturated carbocycles. The molecule has 0 spiro atoms. The zero-order chi connectivity index (χ0) is 13.8. The summed E-state index contributed by atoms with van der Waals surface area (Å²) in [5.74, 6) is 2.52. The number of ether oxygens (including phenoxy) is 2. The molecular formula is C16H22O3. The van der Waals surface area contributed by atoms with Crippen LogP contribution in [0.15, 0.2) is 18.2 Å². The molecule has 0 aromatic heterocycles. The van der Waals surface area contributed by atoms with Gasteiger partial charge >= 0.3 is 0 Å². The largest absolute Gasteiger partial charge is 0.493 e. The van der Waals surface area contributed by atoms with E-state index in [0.717, 1.165) is 24.3 Å². The zero-order valence-electron chi connectivity index (χ0n) is 11.9. The van der Waals surface area contributed by atoms with Crippen molar-refractivity contribution in [2.24, 2.45) is 5.92 Å². The van der Waals surface area contributed by atoms with E-state index in [1.54, 1.807) is 7.11 Å². The molecule has 3 heteroatoms. The van der Waals surface area contributed by atoms with Crippen LogP contribution in [-0.4, -0.2) is 19.5 Å². The van der Waals surface area contributed by atoms with Crippen molar-refractivity contribution >= 4 is 5.78 Å². The zero-order valence-corrected chi connectivity index (χ0v) is 11.9. The monoisotopic (exact) mass is 262 g/mol. The molecule has 0 heterocycles. The summed E-state index contributed by atoms with van der Waals surface area (Å²) in [6.07, 6.45) is 2.58. The topological polar surface area (TPSA) is 35.5 Å². The van der Waals surface area contributed by atoms with E-state index in [9.17, 15) is 4.79 Å². The molecule has 2 unspecified atom stereocenters. The molecule has 1 aliphatic rings. The Bertz CT molecular complexity index is 453. The molecule has 2 rings (SSSR count). The summed E-state index contributed by atoms with van der Waals surface area (Å²) in [4.78, 5) is 11.7. The van der Waals surface area contributed by atoms with Gasteiger partial charge in [0.15, 0.2) is 11.5 Å². The molecule has 1 aromatic carbocycles. The molecule has 2 atom stereocenters. The van der Waals surface area contributed by atoms with Crippen LogP contribution in [0.5, 0.6) is 11.5 Å². The van der Waals surface area contributed by atoms with Crippen LogP contribution in [-0.2, 0) is 4.79 Å². The molecule has 1 fully saturated rings. The van der Waals surface area contributed by atoms with Gasteiger partial charge in [0, 0.05) is 12.3 Å². The van der Waals surface area contributed by atoms with Crippen molar-refractivity contribution in [2.75, 3.05) is 13.7 Å². The molecular weight excluding hydrogens is 240 g/mol. The molecule has 0 N–H and O–H groups in total. The number of methoxy groups -OCH3 is 1. The van der Waals surface area contributed by atoms with E-state index < -0.39 is 0 Å². The van der Waals surface area contributed by atoms with Crippen molar-refractivity contribution in [2.45, 2.75) is 39.0 Å². The van der Waals surface area contributed by atoms with Gasteiger partial charge in [-0.25, -0.2) is 0 Å². The number of carbonyl (C=O) groups is 1. The highest BCUT2D eigenvalue weighted by molar-refractivity contribution is 5.84. The highest BCUT2D eigenvalue weighted by Crippen LogP contribution is 2.49. The van der Waals surface area contributed by atoms with Crippen LogP contribution in [0.4, 0.5) is 0 Å². The van der Waals surface area contributed by atoms with Crippen LogP contribution in [0.3, 0.4) is 0 Å². The fourth-order valence-corrected chi connectivity index (χ4v) is 2.43. The van der Waals surface area contributed by atoms with Crippen LogP contribution in [0.25, 0.3) is 0 Å². The van der Waals surface area contributed by atoms with Crippen LogP contribution < -0.4 is 9.47 Å². The van der Waals surface area contributed by atoms with Gasteiger partial charge in [-0.1, -0.05) is 19.9 Å². The average Bonchev–Trinajstić information content (AvgIpc) is 3.24. The predicted octanol–water partition coefficient (Wildman–Crippen LogP) is 3.57. The predicted molar refractivity (Wildman–Crippen MR) is 74.9 cm³/mol. The summed E-state index contributed by atoms with van der Waals surface area (Å²) < 4.78 is 11.0. The van der Waals surface area contributed by atoms with Crippen LogP contribution >= 0.6 is 0 Å². The van der Waals surface area contributed by atoms with Gasteiger partial charge in [-0.3, -0.25) is 4.79 Å². The van der Waals surface area contributed by atoms with E-state index in [1.165, 1.54) is 5.56 Å². The normalized spacial score (nSPS) is 21.0. The quantitative estimate of drug-likeness (QED) is 0.753. The second-order valence-electron chi connectivity index (χ2n) is 5.03. The number of hydrogen-bond donors (Lipinski definition) is 0. The van der Waals surface area contributed by atoms with E-state index in [-0.39, 0.29) is 5.92 Å². The summed E-state index contributed by atoms with van der Waals surface area (Å²) in [6.45, 7) is 4.70. The van der Waals surface area contributed by atoms with Gasteiger partial charge in [-0.05, 0) is 36.5 Å². The number of hydrogen-bond acceptors (Lipinski definition) is 3. The summed E-state index contributed by atoms with van der Waals surface area (Å²) in [5.41, 5.74) is 1.19. The van der Waals surface area contributed by atoms with Gasteiger partial charge in [-0.15, -0.1) is 0 Å². The van der Waals surface area contributed by atoms with Crippen LogP contribution in [0.1, 0.15) is 44.6 Å². The maximum Gasteiger partial charge on any atom is 0.161 e. The molecule has 1 aliphatic carbocycles. The Morgan fingerprint density at radius 3 is 2.74 bits per heavy atom. The number of carbonyl (C=O) groups excluding carboxylic acids is 1. The van der Waals surface area contributed by atoms with E-state index in [4.69, 9.17) is 9.47 Å². The third-order valence-corrected chi connectivity index (χ3v) is 3.63. The van der Waals surface area contributed by atoms with Crippen LogP contribution in [0.2, 0.25) is 0 Å². The van der Waals surface area contributed by atoms with Gasteiger partial charge in [-0.2, -0.15) is 0 Å². The third kappa shape index (κ3) is 3.09. The van der Waals surface area contributed by atoms with Gasteiger partial charge in [0.25, 0.3) is 0 Å². The van der Waals surface area contributed by atoms with Crippen molar-refractivity contribution in [3.05, 3.63) is 23.8 Å². The van der Waals surface area contributed by atoms with Gasteiger partial charge in [0.2, 0.25) is 0 Å². The van der Waals surface area contributed by atoms with Crippen molar-refractivity contribution in [1.82, 2.24) is 0 Å². The molecule has 0 aliphatic heterocycles. The first-order valence-corrected chi connectivity index (χ1v) is 7.04. The Kier molecular flexibility index (Phi) is 4.46. The lowest BCUT2D eigenvalue weighted by molar-refractivity contribution is -0.120. The Morgan fingerprint density at radius 1 is 1.32 bits per heavy atom. The summed E-state index contributed by atoms with van der Waals surface area (Å²) >= 11 is 0. The second-order valence-corrected chi connectivity index (χ2v) is 5.03. The molecule has 0 bridgehead atoms. The number of Topliss-reactive ketones (excluding diaryl/α,β-unsaturated/α-hetero) is 1. The fraction of sp³-hybridized carbons (Fsp3) is 0.562. The molecule has 19 heavy (non-hydrogen) atoms. The lowest BCUT2D eigenvalue weighted by atomic mass is 10.1. The first-order chi connectivity index (χ1) is 9.21. The van der Waals surface area contributed by atoms with Gasteiger partial charge in [0.1, 0.15) is 5.78 Å². The van der Waals surface area contributed by atoms with Gasteiger partial charge in [0.05, 0.1) is 13.7 Å². The number of benzene rings is 1. The maximum absolute atomic E-state index is 11.7. The van der Waals surface area contributed by atoms with Crippen molar-refractivity contribution < 1.29 is 14.3 Å². The minimum absolute atomic E-state index is 0.220. The maximum atomic E-state index is 11.7. The minimum atomic E-state index is 0.220. The first kappa shape index (κ1) is 13.9. The van der Waals surface area contributed by atoms with E-state index in [2.05, 4.69) is 13.0 Å². The SMILES string of the molecule is CCCOc1ccc(C2CC2C(=O)CC)cc1OC. The minimum Gasteiger partial charge on any atom is -0.493 e. The van der Waals surface area contributed by atoms with E-state index >= 15 is 0 Å². The second kappa shape index (κ2) is 6.09. The van der Waals surface area contributed by atoms with E-state index in [1.807, 2.05) is 19.1 Å². The highest BCUT2D eigenvalue weighted by Gasteiger charge is 2.42. The molecule has 1 aromatic rings. The number of rotatable bonds is 7. The Balaban J connectivity index is 2.10. The standard InChI is InChI=1S/C16H22O3/c1-4-8-19-15-7-6-11(9-16(15)18-3)12-10-13(12)14(17)5-2/h6-7,9,12-13H,4-5,8,10H2,1-3H3. The summed E-state index contributed by atoms with van der Waals surface area (Å²) in [6, 6.07) is 6.02. The molecule has 0 radical (unpaired) electrons. The molecule has 104 valence electrons. The van der Waals surface area contributed by atoms with Crippen LogP contribution in [0, 0.1) is 5.92 Å². The lowest BCUT2D eigenvalue weighted by Gasteiger charge is -2.11. The first-order valence-electron chi connectivity index (χ1n) is 7.04. The smallest absolute Gasteiger partial charge is 0.161 e. The molecule has 0 saturated heterocycles. The Labute approximate surface area is 114 Å². The lowest BCUT2D eigenvalue weighted by Crippen LogP contribution is -2.01. The van der Waals surface area contributed by atoms with E-state index in [0.29, 0.717) is 24.7 Å². The summed E-state index contributed by atoms with van der Waals surface area (Å²) in [7, 11) is 1.65. The van der Waals surface area contributed by atoms with Crippen molar-refractivity contribution in [3.63, 3.8) is 0 Å². The van der Waals surface area contributed by atoms with Crippen molar-refractivity contribution in [3.8, 4) is 11.5 Å². The summed E-state index contributed by atoms with van der Waals surface area (Å²) in [5, 5.41) is 0. The van der Waals surface area contributed by atoms with Gasteiger partial charge < -0.3 is 9.47 Å². The molecule has 0 amide bonds. The Morgan fingerprint density at radius 2 is 2.11 bits per heavy atom.